The van der Waals surface area contributed by atoms with Gasteiger partial charge in [-0.15, -0.1) is 17.7 Å². The van der Waals surface area contributed by atoms with E-state index in [1.807, 2.05) is 48.7 Å². The molecule has 0 unspecified atom stereocenters. The van der Waals surface area contributed by atoms with Crippen molar-refractivity contribution in [3.05, 3.63) is 72.1 Å². The molecular weight excluding hydrogens is 360 g/mol. The zero-order valence-corrected chi connectivity index (χ0v) is 15.0. The largest absolute Gasteiger partial charge is 1.00 e. The SMILES string of the molecule is [CH2-]c1ccccc1C=N[C@H]1CCCC[C@@H]1N=Cc1ccccc1O.[Cu+]. The van der Waals surface area contributed by atoms with Gasteiger partial charge in [0, 0.05) is 11.8 Å². The van der Waals surface area contributed by atoms with Gasteiger partial charge >= 0.3 is 17.1 Å². The molecule has 134 valence electrons. The molecular formula is C21H23CuN2O. The number of rotatable bonds is 4. The van der Waals surface area contributed by atoms with Crippen LogP contribution in [0.3, 0.4) is 0 Å². The summed E-state index contributed by atoms with van der Waals surface area (Å²) in [4.78, 5) is 9.51. The minimum absolute atomic E-state index is 0. The fraction of sp³-hybridized carbons (Fsp3) is 0.286. The van der Waals surface area contributed by atoms with Crippen LogP contribution in [0.5, 0.6) is 5.75 Å². The first-order chi connectivity index (χ1) is 11.7. The molecule has 0 saturated heterocycles. The topological polar surface area (TPSA) is 45.0 Å². The summed E-state index contributed by atoms with van der Waals surface area (Å²) < 4.78 is 0. The molecule has 0 bridgehead atoms. The van der Waals surface area contributed by atoms with E-state index in [9.17, 15) is 5.11 Å². The van der Waals surface area contributed by atoms with Gasteiger partial charge in [-0.2, -0.15) is 18.6 Å². The van der Waals surface area contributed by atoms with E-state index >= 15 is 0 Å². The Labute approximate surface area is 160 Å². The van der Waals surface area contributed by atoms with Crippen LogP contribution in [0.2, 0.25) is 0 Å². The van der Waals surface area contributed by atoms with Gasteiger partial charge < -0.3 is 10.1 Å². The van der Waals surface area contributed by atoms with E-state index in [0.717, 1.165) is 29.5 Å². The van der Waals surface area contributed by atoms with Crippen LogP contribution in [0.1, 0.15) is 42.4 Å². The minimum Gasteiger partial charge on any atom is -0.507 e. The van der Waals surface area contributed by atoms with Crippen molar-refractivity contribution >= 4 is 12.4 Å². The molecule has 1 aliphatic carbocycles. The van der Waals surface area contributed by atoms with Crippen LogP contribution in [0.15, 0.2) is 58.5 Å². The van der Waals surface area contributed by atoms with E-state index in [2.05, 4.69) is 6.92 Å². The summed E-state index contributed by atoms with van der Waals surface area (Å²) >= 11 is 0. The summed E-state index contributed by atoms with van der Waals surface area (Å²) in [6, 6.07) is 15.7. The number of hydrogen-bond acceptors (Lipinski definition) is 3. The van der Waals surface area contributed by atoms with E-state index in [-0.39, 0.29) is 34.9 Å². The first kappa shape index (κ1) is 19.3. The first-order valence-corrected chi connectivity index (χ1v) is 8.49. The van der Waals surface area contributed by atoms with E-state index in [4.69, 9.17) is 9.98 Å². The fourth-order valence-corrected chi connectivity index (χ4v) is 3.05. The fourth-order valence-electron chi connectivity index (χ4n) is 3.05. The monoisotopic (exact) mass is 382 g/mol. The van der Waals surface area contributed by atoms with Gasteiger partial charge in [0.15, 0.2) is 0 Å². The van der Waals surface area contributed by atoms with Gasteiger partial charge in [0.2, 0.25) is 0 Å². The molecule has 25 heavy (non-hydrogen) atoms. The maximum atomic E-state index is 9.86. The quantitative estimate of drug-likeness (QED) is 0.474. The predicted octanol–water partition coefficient (Wildman–Crippen LogP) is 4.42. The summed E-state index contributed by atoms with van der Waals surface area (Å²) in [5.74, 6) is 0.267. The first-order valence-electron chi connectivity index (χ1n) is 8.49. The zero-order chi connectivity index (χ0) is 16.8. The van der Waals surface area contributed by atoms with Gasteiger partial charge in [0.05, 0.1) is 12.1 Å². The summed E-state index contributed by atoms with van der Waals surface area (Å²) in [7, 11) is 0. The smallest absolute Gasteiger partial charge is 0.507 e. The molecule has 4 heteroatoms. The van der Waals surface area contributed by atoms with Crippen molar-refractivity contribution in [2.24, 2.45) is 9.98 Å². The number of aromatic hydroxyl groups is 1. The van der Waals surface area contributed by atoms with Crippen molar-refractivity contribution in [2.75, 3.05) is 0 Å². The third-order valence-corrected chi connectivity index (χ3v) is 4.50. The second kappa shape index (κ2) is 9.45. The third-order valence-electron chi connectivity index (χ3n) is 4.50. The molecule has 3 rings (SSSR count). The number of hydrogen-bond donors (Lipinski definition) is 1. The summed E-state index contributed by atoms with van der Waals surface area (Å²) in [5.41, 5.74) is 2.81. The molecule has 1 saturated carbocycles. The Morgan fingerprint density at radius 1 is 0.840 bits per heavy atom. The maximum Gasteiger partial charge on any atom is 1.00 e. The Morgan fingerprint density at radius 3 is 1.96 bits per heavy atom. The van der Waals surface area contributed by atoms with Crippen molar-refractivity contribution in [3.63, 3.8) is 0 Å². The average molecular weight is 383 g/mol. The van der Waals surface area contributed by atoms with E-state index in [0.29, 0.717) is 0 Å². The van der Waals surface area contributed by atoms with E-state index < -0.39 is 0 Å². The van der Waals surface area contributed by atoms with Crippen LogP contribution in [0.4, 0.5) is 0 Å². The maximum absolute atomic E-state index is 9.86. The molecule has 0 heterocycles. The molecule has 2 atom stereocenters. The molecule has 0 aromatic heterocycles. The van der Waals surface area contributed by atoms with E-state index in [1.54, 1.807) is 12.3 Å². The second-order valence-corrected chi connectivity index (χ2v) is 6.23. The number of phenols is 1. The normalized spacial score (nSPS) is 20.6. The third kappa shape index (κ3) is 5.22. The molecule has 0 spiro atoms. The van der Waals surface area contributed by atoms with Crippen LogP contribution in [0.25, 0.3) is 0 Å². The van der Waals surface area contributed by atoms with Crippen LogP contribution in [0, 0.1) is 6.92 Å². The molecule has 2 aromatic rings. The van der Waals surface area contributed by atoms with Crippen LogP contribution in [-0.2, 0) is 17.1 Å². The Morgan fingerprint density at radius 2 is 1.36 bits per heavy atom. The van der Waals surface area contributed by atoms with Gasteiger partial charge in [-0.25, -0.2) is 0 Å². The number of benzene rings is 2. The molecule has 1 aliphatic rings. The summed E-state index contributed by atoms with van der Waals surface area (Å²) in [5, 5.41) is 9.86. The molecule has 1 N–H and O–H groups in total. The standard InChI is InChI=1S/C21H23N2O.Cu/c1-16-8-2-3-9-17(16)14-22-19-11-5-6-12-20(19)23-15-18-10-4-7-13-21(18)24;/h2-4,7-10,13-15,19-20,24H,1,5-6,11-12H2;/q-1;+1/t19-,20-;/m0./s1. The van der Waals surface area contributed by atoms with Crippen molar-refractivity contribution in [2.45, 2.75) is 37.8 Å². The van der Waals surface area contributed by atoms with Crippen LogP contribution in [-0.4, -0.2) is 29.6 Å². The van der Waals surface area contributed by atoms with Crippen molar-refractivity contribution in [3.8, 4) is 5.75 Å². The number of nitrogens with zero attached hydrogens (tertiary/aromatic N) is 2. The number of phenolic OH excluding ortho intramolecular Hbond substituents is 1. The van der Waals surface area contributed by atoms with Gasteiger partial charge in [-0.1, -0.05) is 31.0 Å². The van der Waals surface area contributed by atoms with Crippen molar-refractivity contribution < 1.29 is 22.2 Å². The second-order valence-electron chi connectivity index (χ2n) is 6.23. The minimum atomic E-state index is 0. The van der Waals surface area contributed by atoms with E-state index in [1.165, 1.54) is 12.8 Å². The molecule has 3 nitrogen and oxygen atoms in total. The Balaban J connectivity index is 0.00000225. The van der Waals surface area contributed by atoms with Gasteiger partial charge in [-0.05, 0) is 31.2 Å². The van der Waals surface area contributed by atoms with Gasteiger partial charge in [0.1, 0.15) is 5.75 Å². The summed E-state index contributed by atoms with van der Waals surface area (Å²) in [6.07, 6.45) is 8.18. The molecule has 0 aliphatic heterocycles. The Kier molecular flexibility index (Phi) is 7.30. The van der Waals surface area contributed by atoms with Gasteiger partial charge in [0.25, 0.3) is 0 Å². The van der Waals surface area contributed by atoms with Crippen molar-refractivity contribution in [1.82, 2.24) is 0 Å². The number of aliphatic imine (C=N–C) groups is 2. The zero-order valence-electron chi connectivity index (χ0n) is 14.1. The van der Waals surface area contributed by atoms with Crippen LogP contribution >= 0.6 is 0 Å². The average Bonchev–Trinajstić information content (AvgIpc) is 2.61. The molecule has 1 fully saturated rings. The summed E-state index contributed by atoms with van der Waals surface area (Å²) in [6.45, 7) is 4.04. The van der Waals surface area contributed by atoms with Crippen molar-refractivity contribution in [1.29, 1.82) is 0 Å². The molecule has 2 aromatic carbocycles. The van der Waals surface area contributed by atoms with Crippen LogP contribution < -0.4 is 0 Å². The molecule has 0 radical (unpaired) electrons. The predicted molar refractivity (Wildman–Crippen MR) is 100 cm³/mol. The van der Waals surface area contributed by atoms with Gasteiger partial charge in [-0.3, -0.25) is 4.99 Å². The Hall–Kier alpha value is -2.03. The Bertz CT molecular complexity index is 679. The molecule has 0 amide bonds. The number of para-hydroxylation sites is 1.